The van der Waals surface area contributed by atoms with E-state index in [1.54, 1.807) is 4.90 Å². The van der Waals surface area contributed by atoms with Crippen LogP contribution >= 0.6 is 0 Å². The second-order valence-corrected chi connectivity index (χ2v) is 13.3. The van der Waals surface area contributed by atoms with Crippen LogP contribution in [0.25, 0.3) is 0 Å². The number of morpholine rings is 1. The van der Waals surface area contributed by atoms with Crippen LogP contribution in [0, 0.1) is 23.7 Å². The Morgan fingerprint density at radius 3 is 2.50 bits per heavy atom. The van der Waals surface area contributed by atoms with Crippen LogP contribution in [-0.4, -0.2) is 90.7 Å². The highest BCUT2D eigenvalue weighted by atomic mass is 16.5. The van der Waals surface area contributed by atoms with E-state index >= 15 is 0 Å². The van der Waals surface area contributed by atoms with Gasteiger partial charge in [-0.25, -0.2) is 0 Å². The highest BCUT2D eigenvalue weighted by Gasteiger charge is 2.72. The number of carbonyl (C=O) groups excluding carboxylic acids is 3. The molecule has 0 aromatic heterocycles. The molecule has 3 saturated heterocycles. The SMILES string of the molecule is CC(C)c1ccc(NC(=O)[C@H]2[C@H]3C=C[C@@]4(O3)[C@H]2C(=O)N(CCN2CCOCC2)[C@@H]4C(=O)N[C@@H]2CCC[C@@H](C)[C@H]2C)cc1. The van der Waals surface area contributed by atoms with Crippen molar-refractivity contribution in [1.82, 2.24) is 15.1 Å². The molecule has 42 heavy (non-hydrogen) atoms. The van der Waals surface area contributed by atoms with Gasteiger partial charge >= 0.3 is 0 Å². The number of likely N-dealkylation sites (tertiary alicyclic amines) is 1. The molecule has 9 heteroatoms. The van der Waals surface area contributed by atoms with E-state index in [1.165, 1.54) is 5.56 Å². The first-order valence-corrected chi connectivity index (χ1v) is 15.9. The molecule has 9 nitrogen and oxygen atoms in total. The first-order valence-electron chi connectivity index (χ1n) is 15.9. The van der Waals surface area contributed by atoms with Gasteiger partial charge in [-0.15, -0.1) is 0 Å². The number of rotatable bonds is 8. The van der Waals surface area contributed by atoms with Gasteiger partial charge in [0.25, 0.3) is 0 Å². The molecule has 3 amide bonds. The molecular formula is C33H46N4O5. The molecule has 1 saturated carbocycles. The van der Waals surface area contributed by atoms with E-state index in [4.69, 9.17) is 9.47 Å². The van der Waals surface area contributed by atoms with Crippen LogP contribution in [0.2, 0.25) is 0 Å². The van der Waals surface area contributed by atoms with Crippen molar-refractivity contribution >= 4 is 23.4 Å². The van der Waals surface area contributed by atoms with Gasteiger partial charge in [-0.2, -0.15) is 0 Å². The number of carbonyl (C=O) groups is 3. The Bertz CT molecular complexity index is 1210. The summed E-state index contributed by atoms with van der Waals surface area (Å²) >= 11 is 0. The van der Waals surface area contributed by atoms with Crippen molar-refractivity contribution in [3.63, 3.8) is 0 Å². The summed E-state index contributed by atoms with van der Waals surface area (Å²) in [5.74, 6) is -0.766. The van der Waals surface area contributed by atoms with E-state index < -0.39 is 29.6 Å². The van der Waals surface area contributed by atoms with Crippen molar-refractivity contribution < 1.29 is 23.9 Å². The Hall–Kier alpha value is -2.75. The lowest BCUT2D eigenvalue weighted by Crippen LogP contribution is -2.58. The van der Waals surface area contributed by atoms with Gasteiger partial charge < -0.3 is 25.0 Å². The molecule has 2 bridgehead atoms. The van der Waals surface area contributed by atoms with E-state index in [-0.39, 0.29) is 23.8 Å². The van der Waals surface area contributed by atoms with Crippen molar-refractivity contribution in [3.05, 3.63) is 42.0 Å². The van der Waals surface area contributed by atoms with Crippen LogP contribution in [-0.2, 0) is 23.9 Å². The summed E-state index contributed by atoms with van der Waals surface area (Å²) in [5.41, 5.74) is 0.731. The molecule has 4 heterocycles. The third kappa shape index (κ3) is 5.18. The van der Waals surface area contributed by atoms with Crippen LogP contribution in [0.1, 0.15) is 58.4 Å². The molecule has 4 fully saturated rings. The molecule has 5 aliphatic rings. The molecule has 1 aromatic rings. The monoisotopic (exact) mass is 578 g/mol. The normalized spacial score (nSPS) is 36.0. The van der Waals surface area contributed by atoms with Gasteiger partial charge in [0.1, 0.15) is 11.6 Å². The maximum absolute atomic E-state index is 14.3. The van der Waals surface area contributed by atoms with E-state index in [2.05, 4.69) is 43.2 Å². The summed E-state index contributed by atoms with van der Waals surface area (Å²) in [4.78, 5) is 46.2. The fraction of sp³-hybridized carbons (Fsp3) is 0.667. The van der Waals surface area contributed by atoms with Crippen LogP contribution in [0.15, 0.2) is 36.4 Å². The molecule has 1 spiro atoms. The number of nitrogens with zero attached hydrogens (tertiary/aromatic N) is 2. The summed E-state index contributed by atoms with van der Waals surface area (Å²) in [7, 11) is 0. The van der Waals surface area contributed by atoms with E-state index in [1.807, 2.05) is 36.4 Å². The lowest BCUT2D eigenvalue weighted by Gasteiger charge is -2.38. The maximum atomic E-state index is 14.3. The molecule has 1 aliphatic carbocycles. The summed E-state index contributed by atoms with van der Waals surface area (Å²) in [6.45, 7) is 12.7. The molecule has 228 valence electrons. The minimum Gasteiger partial charge on any atom is -0.379 e. The fourth-order valence-electron chi connectivity index (χ4n) is 7.81. The van der Waals surface area contributed by atoms with Crippen LogP contribution in [0.5, 0.6) is 0 Å². The van der Waals surface area contributed by atoms with Gasteiger partial charge in [-0.3, -0.25) is 19.3 Å². The molecule has 8 atom stereocenters. The quantitative estimate of drug-likeness (QED) is 0.460. The lowest BCUT2D eigenvalue weighted by atomic mass is 9.73. The molecule has 6 rings (SSSR count). The highest BCUT2D eigenvalue weighted by molar-refractivity contribution is 6.02. The van der Waals surface area contributed by atoms with Gasteiger partial charge in [0.15, 0.2) is 0 Å². The zero-order valence-electron chi connectivity index (χ0n) is 25.4. The minimum absolute atomic E-state index is 0.0587. The number of hydrogen-bond donors (Lipinski definition) is 2. The summed E-state index contributed by atoms with van der Waals surface area (Å²) in [6.07, 6.45) is 6.41. The number of ether oxygens (including phenoxy) is 2. The van der Waals surface area contributed by atoms with E-state index in [0.29, 0.717) is 49.7 Å². The minimum atomic E-state index is -1.15. The predicted molar refractivity (Wildman–Crippen MR) is 160 cm³/mol. The standard InChI is InChI=1S/C33H46N4O5/c1-20(2)23-8-10-24(11-9-23)34-30(38)27-26-12-13-33(42-26)28(27)32(40)37(15-14-36-16-18-41-19-17-36)29(33)31(39)35-25-7-5-6-21(3)22(25)4/h8-13,20-22,25-29H,5-7,14-19H2,1-4H3,(H,34,38)(H,35,39)/t21-,22-,25-,26-,27+,28-,29-,33-/m1/s1. The van der Waals surface area contributed by atoms with Gasteiger partial charge in [0.05, 0.1) is 31.2 Å². The Kier molecular flexibility index (Phi) is 8.19. The maximum Gasteiger partial charge on any atom is 0.246 e. The Morgan fingerprint density at radius 1 is 1.05 bits per heavy atom. The highest BCUT2D eigenvalue weighted by Crippen LogP contribution is 2.55. The average molecular weight is 579 g/mol. The Labute approximate surface area is 249 Å². The summed E-state index contributed by atoms with van der Waals surface area (Å²) in [6, 6.07) is 7.08. The molecule has 0 unspecified atom stereocenters. The third-order valence-electron chi connectivity index (χ3n) is 10.6. The third-order valence-corrected chi connectivity index (χ3v) is 10.6. The number of hydrogen-bond acceptors (Lipinski definition) is 6. The second kappa shape index (κ2) is 11.7. The number of fused-ring (bicyclic) bond motifs is 1. The molecular weight excluding hydrogens is 532 g/mol. The average Bonchev–Trinajstić information content (AvgIpc) is 3.62. The van der Waals surface area contributed by atoms with Crippen molar-refractivity contribution in [1.29, 1.82) is 0 Å². The molecule has 4 aliphatic heterocycles. The Morgan fingerprint density at radius 2 is 1.79 bits per heavy atom. The number of amides is 3. The van der Waals surface area contributed by atoms with Gasteiger partial charge in [0, 0.05) is 37.9 Å². The first-order chi connectivity index (χ1) is 20.2. The van der Waals surface area contributed by atoms with Crippen LogP contribution in [0.3, 0.4) is 0 Å². The van der Waals surface area contributed by atoms with Crippen LogP contribution < -0.4 is 10.6 Å². The van der Waals surface area contributed by atoms with Gasteiger partial charge in [-0.1, -0.05) is 64.8 Å². The molecule has 2 N–H and O–H groups in total. The van der Waals surface area contributed by atoms with Gasteiger partial charge in [-0.05, 0) is 41.9 Å². The zero-order valence-corrected chi connectivity index (χ0v) is 25.4. The van der Waals surface area contributed by atoms with Crippen molar-refractivity contribution in [2.75, 3.05) is 44.7 Å². The second-order valence-electron chi connectivity index (χ2n) is 13.3. The predicted octanol–water partition coefficient (Wildman–Crippen LogP) is 3.17. The first kappa shape index (κ1) is 29.3. The van der Waals surface area contributed by atoms with E-state index in [0.717, 1.165) is 32.4 Å². The summed E-state index contributed by atoms with van der Waals surface area (Å²) < 4.78 is 12.0. The molecule has 0 radical (unpaired) electrons. The fourth-order valence-corrected chi connectivity index (χ4v) is 7.81. The lowest BCUT2D eigenvalue weighted by molar-refractivity contribution is -0.142. The largest absolute Gasteiger partial charge is 0.379 e. The number of nitrogens with one attached hydrogen (secondary N) is 2. The van der Waals surface area contributed by atoms with Crippen LogP contribution in [0.4, 0.5) is 5.69 Å². The van der Waals surface area contributed by atoms with Crippen molar-refractivity contribution in [2.24, 2.45) is 23.7 Å². The number of anilines is 1. The number of benzene rings is 1. The van der Waals surface area contributed by atoms with Crippen molar-refractivity contribution in [3.8, 4) is 0 Å². The molecule has 1 aromatic carbocycles. The summed E-state index contributed by atoms with van der Waals surface area (Å²) in [5, 5.41) is 6.37. The zero-order chi connectivity index (χ0) is 29.6. The van der Waals surface area contributed by atoms with Gasteiger partial charge in [0.2, 0.25) is 17.7 Å². The topological polar surface area (TPSA) is 100 Å². The van der Waals surface area contributed by atoms with E-state index in [9.17, 15) is 14.4 Å². The smallest absolute Gasteiger partial charge is 0.246 e. The van der Waals surface area contributed by atoms with Crippen molar-refractivity contribution in [2.45, 2.75) is 76.7 Å². The Balaban J connectivity index is 1.25.